The van der Waals surface area contributed by atoms with Crippen molar-refractivity contribution in [2.24, 2.45) is 0 Å². The van der Waals surface area contributed by atoms with Gasteiger partial charge in [0.05, 0.1) is 18.4 Å². The largest absolute Gasteiger partial charge is 0.465 e. The predicted octanol–water partition coefficient (Wildman–Crippen LogP) is 1.63. The van der Waals surface area contributed by atoms with E-state index in [1.54, 1.807) is 20.8 Å². The number of carbonyl (C=O) groups is 3. The number of amides is 1. The normalized spacial score (nSPS) is 12.2. The van der Waals surface area contributed by atoms with Gasteiger partial charge in [0.1, 0.15) is 17.9 Å². The summed E-state index contributed by atoms with van der Waals surface area (Å²) in [7, 11) is 1.26. The maximum Gasteiger partial charge on any atom is 0.408 e. The number of ether oxygens (including phenoxy) is 2. The summed E-state index contributed by atoms with van der Waals surface area (Å²) >= 11 is 0. The smallest absolute Gasteiger partial charge is 0.408 e. The molecule has 1 rings (SSSR count). The van der Waals surface area contributed by atoms with Gasteiger partial charge in [-0.15, -0.1) is 0 Å². The van der Waals surface area contributed by atoms with Gasteiger partial charge in [0.25, 0.3) is 0 Å². The Labute approximate surface area is 122 Å². The minimum Gasteiger partial charge on any atom is -0.465 e. The Balaban J connectivity index is 2.79. The SMILES string of the molecule is COC(=O)c1ccc(C(C=O)NC(=O)OC(C)(C)C)nc1. The molecule has 0 aromatic carbocycles. The van der Waals surface area contributed by atoms with Crippen molar-refractivity contribution in [3.63, 3.8) is 0 Å². The zero-order valence-electron chi connectivity index (χ0n) is 12.4. The van der Waals surface area contributed by atoms with Gasteiger partial charge < -0.3 is 19.6 Å². The number of hydrogen-bond acceptors (Lipinski definition) is 6. The Hall–Kier alpha value is -2.44. The molecule has 0 aliphatic carbocycles. The highest BCUT2D eigenvalue weighted by molar-refractivity contribution is 5.88. The molecule has 0 saturated heterocycles. The minimum absolute atomic E-state index is 0.253. The molecular formula is C14H18N2O5. The zero-order valence-corrected chi connectivity index (χ0v) is 12.4. The summed E-state index contributed by atoms with van der Waals surface area (Å²) in [6.07, 6.45) is 1.08. The van der Waals surface area contributed by atoms with Gasteiger partial charge >= 0.3 is 12.1 Å². The topological polar surface area (TPSA) is 94.6 Å². The molecule has 0 spiro atoms. The lowest BCUT2D eigenvalue weighted by Gasteiger charge is -2.21. The Kier molecular flexibility index (Phi) is 5.40. The van der Waals surface area contributed by atoms with E-state index in [2.05, 4.69) is 15.0 Å². The second-order valence-electron chi connectivity index (χ2n) is 5.22. The van der Waals surface area contributed by atoms with Gasteiger partial charge in [0.15, 0.2) is 0 Å². The first-order valence-corrected chi connectivity index (χ1v) is 6.26. The molecule has 1 N–H and O–H groups in total. The number of carbonyl (C=O) groups excluding carboxylic acids is 3. The molecule has 1 aromatic heterocycles. The van der Waals surface area contributed by atoms with Gasteiger partial charge in [-0.05, 0) is 32.9 Å². The van der Waals surface area contributed by atoms with E-state index in [0.717, 1.165) is 0 Å². The van der Waals surface area contributed by atoms with Gasteiger partial charge in [-0.25, -0.2) is 9.59 Å². The van der Waals surface area contributed by atoms with E-state index < -0.39 is 23.7 Å². The van der Waals surface area contributed by atoms with E-state index in [1.165, 1.54) is 25.4 Å². The average Bonchev–Trinajstić information content (AvgIpc) is 2.42. The van der Waals surface area contributed by atoms with Crippen LogP contribution < -0.4 is 5.32 Å². The molecule has 1 aromatic rings. The third-order valence-electron chi connectivity index (χ3n) is 2.33. The Morgan fingerprint density at radius 2 is 2.00 bits per heavy atom. The standard InChI is InChI=1S/C14H18N2O5/c1-14(2,3)21-13(19)16-11(8-17)10-6-5-9(7-15-10)12(18)20-4/h5-8,11H,1-4H3,(H,16,19). The molecule has 1 unspecified atom stereocenters. The molecule has 0 radical (unpaired) electrons. The number of hydrogen-bond donors (Lipinski definition) is 1. The molecule has 21 heavy (non-hydrogen) atoms. The Bertz CT molecular complexity index is 519. The fourth-order valence-electron chi connectivity index (χ4n) is 1.44. The van der Waals surface area contributed by atoms with Gasteiger partial charge in [0.2, 0.25) is 0 Å². The highest BCUT2D eigenvalue weighted by Gasteiger charge is 2.21. The quantitative estimate of drug-likeness (QED) is 0.670. The number of nitrogens with zero attached hydrogens (tertiary/aromatic N) is 1. The van der Waals surface area contributed by atoms with Crippen LogP contribution in [0.3, 0.4) is 0 Å². The van der Waals surface area contributed by atoms with Crippen LogP contribution in [-0.2, 0) is 14.3 Å². The molecular weight excluding hydrogens is 276 g/mol. The summed E-state index contributed by atoms with van der Waals surface area (Å²) < 4.78 is 9.60. The lowest BCUT2D eigenvalue weighted by atomic mass is 10.2. The third-order valence-corrected chi connectivity index (χ3v) is 2.33. The molecule has 0 fully saturated rings. The number of rotatable bonds is 4. The summed E-state index contributed by atoms with van der Waals surface area (Å²) in [5.41, 5.74) is -0.119. The first-order valence-electron chi connectivity index (χ1n) is 6.26. The van der Waals surface area contributed by atoms with E-state index in [0.29, 0.717) is 12.0 Å². The van der Waals surface area contributed by atoms with E-state index >= 15 is 0 Å². The molecule has 0 saturated carbocycles. The van der Waals surface area contributed by atoms with E-state index in [1.807, 2.05) is 0 Å². The van der Waals surface area contributed by atoms with Crippen molar-refractivity contribution >= 4 is 18.3 Å². The van der Waals surface area contributed by atoms with Gasteiger partial charge in [-0.1, -0.05) is 0 Å². The lowest BCUT2D eigenvalue weighted by Crippen LogP contribution is -2.35. The molecule has 0 bridgehead atoms. The molecule has 114 valence electrons. The summed E-state index contributed by atoms with van der Waals surface area (Å²) in [6.45, 7) is 5.14. The van der Waals surface area contributed by atoms with Gasteiger partial charge in [0, 0.05) is 6.20 Å². The van der Waals surface area contributed by atoms with Crippen LogP contribution >= 0.6 is 0 Å². The van der Waals surface area contributed by atoms with Gasteiger partial charge in [-0.2, -0.15) is 0 Å². The number of aromatic nitrogens is 1. The molecule has 7 nitrogen and oxygen atoms in total. The molecule has 0 aliphatic rings. The van der Waals surface area contributed by atoms with E-state index in [4.69, 9.17) is 4.74 Å². The number of methoxy groups -OCH3 is 1. The second-order valence-corrected chi connectivity index (χ2v) is 5.22. The van der Waals surface area contributed by atoms with Crippen LogP contribution in [0.2, 0.25) is 0 Å². The van der Waals surface area contributed by atoms with Crippen LogP contribution in [0, 0.1) is 0 Å². The van der Waals surface area contributed by atoms with Crippen LogP contribution in [0.25, 0.3) is 0 Å². The number of nitrogens with one attached hydrogen (secondary N) is 1. The summed E-state index contributed by atoms with van der Waals surface area (Å²) in [6, 6.07) is 1.97. The second kappa shape index (κ2) is 6.83. The number of pyridine rings is 1. The van der Waals surface area contributed by atoms with Crippen LogP contribution in [0.1, 0.15) is 42.9 Å². The van der Waals surface area contributed by atoms with Crippen LogP contribution in [-0.4, -0.2) is 36.0 Å². The Morgan fingerprint density at radius 1 is 1.33 bits per heavy atom. The lowest BCUT2D eigenvalue weighted by molar-refractivity contribution is -0.109. The first-order chi connectivity index (χ1) is 9.76. The molecule has 1 amide bonds. The molecule has 0 aliphatic heterocycles. The van der Waals surface area contributed by atoms with Crippen molar-refractivity contribution in [1.29, 1.82) is 0 Å². The van der Waals surface area contributed by atoms with Crippen molar-refractivity contribution < 1.29 is 23.9 Å². The van der Waals surface area contributed by atoms with E-state index in [9.17, 15) is 14.4 Å². The highest BCUT2D eigenvalue weighted by atomic mass is 16.6. The molecule has 1 heterocycles. The highest BCUT2D eigenvalue weighted by Crippen LogP contribution is 2.12. The number of aldehydes is 1. The third kappa shape index (κ3) is 5.21. The minimum atomic E-state index is -0.952. The predicted molar refractivity (Wildman–Crippen MR) is 73.8 cm³/mol. The van der Waals surface area contributed by atoms with Crippen LogP contribution in [0.15, 0.2) is 18.3 Å². The zero-order chi connectivity index (χ0) is 16.0. The maximum absolute atomic E-state index is 11.6. The fourth-order valence-corrected chi connectivity index (χ4v) is 1.44. The summed E-state index contributed by atoms with van der Waals surface area (Å²) in [5.74, 6) is -0.531. The Morgan fingerprint density at radius 3 is 2.43 bits per heavy atom. The fraction of sp³-hybridized carbons (Fsp3) is 0.429. The van der Waals surface area contributed by atoms with Crippen molar-refractivity contribution in [2.75, 3.05) is 7.11 Å². The van der Waals surface area contributed by atoms with Gasteiger partial charge in [-0.3, -0.25) is 4.98 Å². The molecule has 7 heteroatoms. The average molecular weight is 294 g/mol. The van der Waals surface area contributed by atoms with E-state index in [-0.39, 0.29) is 5.56 Å². The summed E-state index contributed by atoms with van der Waals surface area (Å²) in [5, 5.41) is 2.39. The van der Waals surface area contributed by atoms with Crippen molar-refractivity contribution in [3.05, 3.63) is 29.6 Å². The van der Waals surface area contributed by atoms with Crippen LogP contribution in [0.4, 0.5) is 4.79 Å². The first kappa shape index (κ1) is 16.6. The molecule has 1 atom stereocenters. The summed E-state index contributed by atoms with van der Waals surface area (Å²) in [4.78, 5) is 38.0. The maximum atomic E-state index is 11.6. The van der Waals surface area contributed by atoms with Crippen molar-refractivity contribution in [1.82, 2.24) is 10.3 Å². The number of alkyl carbamates (subject to hydrolysis) is 1. The van der Waals surface area contributed by atoms with Crippen molar-refractivity contribution in [3.8, 4) is 0 Å². The van der Waals surface area contributed by atoms with Crippen molar-refractivity contribution in [2.45, 2.75) is 32.4 Å². The number of esters is 1. The monoisotopic (exact) mass is 294 g/mol. The van der Waals surface area contributed by atoms with Crippen LogP contribution in [0.5, 0.6) is 0 Å².